The van der Waals surface area contributed by atoms with E-state index < -0.39 is 0 Å². The van der Waals surface area contributed by atoms with Crippen molar-refractivity contribution in [2.24, 2.45) is 0 Å². The van der Waals surface area contributed by atoms with Crippen LogP contribution in [0.2, 0.25) is 0 Å². The molecule has 3 aromatic carbocycles. The molecule has 1 heteroatoms. The van der Waals surface area contributed by atoms with E-state index in [0.717, 1.165) is 0 Å². The number of pyridine rings is 1. The molecular weight excluding hydrogens is 278 g/mol. The Bertz CT molecular complexity index is 946. The summed E-state index contributed by atoms with van der Waals surface area (Å²) >= 11 is 0. The number of benzene rings is 3. The third-order valence-electron chi connectivity index (χ3n) is 4.26. The van der Waals surface area contributed by atoms with Gasteiger partial charge in [-0.25, -0.2) is 0 Å². The second-order valence-electron chi connectivity index (χ2n) is 5.85. The summed E-state index contributed by atoms with van der Waals surface area (Å²) in [6.07, 6.45) is 3.77. The zero-order valence-corrected chi connectivity index (χ0v) is 13.0. The smallest absolute Gasteiger partial charge is 0.0346 e. The highest BCUT2D eigenvalue weighted by atomic mass is 14.6. The first kappa shape index (κ1) is 13.7. The Balaban J connectivity index is 1.77. The van der Waals surface area contributed by atoms with Gasteiger partial charge in [0, 0.05) is 17.8 Å². The quantitative estimate of drug-likeness (QED) is 0.450. The zero-order chi connectivity index (χ0) is 15.6. The van der Waals surface area contributed by atoms with E-state index in [1.54, 1.807) is 0 Å². The molecule has 0 atom stereocenters. The van der Waals surface area contributed by atoms with Gasteiger partial charge in [0.05, 0.1) is 0 Å². The molecule has 110 valence electrons. The summed E-state index contributed by atoms with van der Waals surface area (Å²) in [4.78, 5) is 4.21. The fourth-order valence-corrected chi connectivity index (χ4v) is 2.96. The van der Waals surface area contributed by atoms with Crippen molar-refractivity contribution < 1.29 is 0 Å². The summed E-state index contributed by atoms with van der Waals surface area (Å²) in [7, 11) is 0. The van der Waals surface area contributed by atoms with Crippen LogP contribution >= 0.6 is 0 Å². The maximum Gasteiger partial charge on any atom is 0.0346 e. The Kier molecular flexibility index (Phi) is 3.39. The molecule has 0 amide bonds. The van der Waals surface area contributed by atoms with Crippen molar-refractivity contribution in [3.05, 3.63) is 90.8 Å². The summed E-state index contributed by atoms with van der Waals surface area (Å²) in [5, 5.41) is 2.41. The Morgan fingerprint density at radius 3 is 2.04 bits per heavy atom. The molecular formula is C22H17N. The predicted octanol–water partition coefficient (Wildman–Crippen LogP) is 5.88. The Morgan fingerprint density at radius 2 is 1.30 bits per heavy atom. The molecule has 0 radical (unpaired) electrons. The maximum atomic E-state index is 4.21. The van der Waals surface area contributed by atoms with E-state index in [9.17, 15) is 0 Å². The highest BCUT2D eigenvalue weighted by Gasteiger charge is 2.04. The molecule has 1 heterocycles. The molecule has 1 aromatic heterocycles. The minimum Gasteiger partial charge on any atom is -0.264 e. The summed E-state index contributed by atoms with van der Waals surface area (Å²) in [5.74, 6) is 0. The van der Waals surface area contributed by atoms with Gasteiger partial charge in [0.25, 0.3) is 0 Å². The molecule has 0 bridgehead atoms. The monoisotopic (exact) mass is 295 g/mol. The van der Waals surface area contributed by atoms with Crippen molar-refractivity contribution >= 4 is 10.8 Å². The van der Waals surface area contributed by atoms with Crippen molar-refractivity contribution in [2.45, 2.75) is 6.92 Å². The van der Waals surface area contributed by atoms with E-state index in [2.05, 4.69) is 84.7 Å². The number of rotatable bonds is 2. The molecule has 4 rings (SSSR count). The summed E-state index contributed by atoms with van der Waals surface area (Å²) in [6.45, 7) is 2.11. The van der Waals surface area contributed by atoms with Crippen LogP contribution in [0, 0.1) is 6.92 Å². The van der Waals surface area contributed by atoms with Crippen LogP contribution in [0.15, 0.2) is 85.2 Å². The SMILES string of the molecule is Cc1ccc(-c2ccc(-c3cccc4cnccc34)cc2)cc1. The lowest BCUT2D eigenvalue weighted by atomic mass is 9.97. The van der Waals surface area contributed by atoms with E-state index in [4.69, 9.17) is 0 Å². The highest BCUT2D eigenvalue weighted by molar-refractivity contribution is 5.96. The maximum absolute atomic E-state index is 4.21. The lowest BCUT2D eigenvalue weighted by Gasteiger charge is -2.08. The summed E-state index contributed by atoms with van der Waals surface area (Å²) in [5.41, 5.74) is 6.27. The van der Waals surface area contributed by atoms with E-state index in [-0.39, 0.29) is 0 Å². The molecule has 0 aliphatic carbocycles. The molecule has 0 saturated carbocycles. The van der Waals surface area contributed by atoms with Crippen LogP contribution in [0.5, 0.6) is 0 Å². The van der Waals surface area contributed by atoms with Gasteiger partial charge >= 0.3 is 0 Å². The Morgan fingerprint density at radius 1 is 0.652 bits per heavy atom. The zero-order valence-electron chi connectivity index (χ0n) is 13.0. The van der Waals surface area contributed by atoms with E-state index in [1.165, 1.54) is 38.6 Å². The van der Waals surface area contributed by atoms with Crippen molar-refractivity contribution in [3.8, 4) is 22.3 Å². The minimum atomic E-state index is 1.17. The summed E-state index contributed by atoms with van der Waals surface area (Å²) in [6, 6.07) is 25.9. The van der Waals surface area contributed by atoms with Crippen LogP contribution < -0.4 is 0 Å². The van der Waals surface area contributed by atoms with Crippen LogP contribution in [-0.2, 0) is 0 Å². The fraction of sp³-hybridized carbons (Fsp3) is 0.0455. The van der Waals surface area contributed by atoms with Crippen molar-refractivity contribution in [3.63, 3.8) is 0 Å². The molecule has 0 N–H and O–H groups in total. The van der Waals surface area contributed by atoms with Crippen molar-refractivity contribution in [1.29, 1.82) is 0 Å². The number of aromatic nitrogens is 1. The van der Waals surface area contributed by atoms with Gasteiger partial charge in [0.2, 0.25) is 0 Å². The Hall–Kier alpha value is -2.93. The summed E-state index contributed by atoms with van der Waals surface area (Å²) < 4.78 is 0. The minimum absolute atomic E-state index is 1.17. The van der Waals surface area contributed by atoms with Gasteiger partial charge in [0.1, 0.15) is 0 Å². The van der Waals surface area contributed by atoms with Gasteiger partial charge in [-0.2, -0.15) is 0 Å². The molecule has 0 fully saturated rings. The molecule has 23 heavy (non-hydrogen) atoms. The molecule has 0 aliphatic rings. The molecule has 0 unspecified atom stereocenters. The molecule has 1 nitrogen and oxygen atoms in total. The third kappa shape index (κ3) is 2.62. The van der Waals surface area contributed by atoms with E-state index in [0.29, 0.717) is 0 Å². The van der Waals surface area contributed by atoms with Gasteiger partial charge in [0.15, 0.2) is 0 Å². The predicted molar refractivity (Wildman–Crippen MR) is 97.4 cm³/mol. The van der Waals surface area contributed by atoms with E-state index in [1.807, 2.05) is 12.4 Å². The van der Waals surface area contributed by atoms with Crippen LogP contribution in [0.1, 0.15) is 5.56 Å². The standard InChI is InChI=1S/C22H17N/c1-16-5-7-17(8-6-16)18-9-11-19(12-10-18)21-4-2-3-20-15-23-14-13-22(20)21/h2-15H,1H3. The normalized spacial score (nSPS) is 10.8. The molecule has 0 spiro atoms. The molecule has 4 aromatic rings. The first-order chi connectivity index (χ1) is 11.3. The van der Waals surface area contributed by atoms with Gasteiger partial charge in [-0.05, 0) is 40.6 Å². The van der Waals surface area contributed by atoms with Crippen LogP contribution in [-0.4, -0.2) is 4.98 Å². The van der Waals surface area contributed by atoms with Crippen molar-refractivity contribution in [1.82, 2.24) is 4.98 Å². The number of nitrogens with zero attached hydrogens (tertiary/aromatic N) is 1. The number of fused-ring (bicyclic) bond motifs is 1. The third-order valence-corrected chi connectivity index (χ3v) is 4.26. The van der Waals surface area contributed by atoms with Gasteiger partial charge in [-0.3, -0.25) is 4.98 Å². The highest BCUT2D eigenvalue weighted by Crippen LogP contribution is 2.30. The fourth-order valence-electron chi connectivity index (χ4n) is 2.96. The van der Waals surface area contributed by atoms with Crippen LogP contribution in [0.3, 0.4) is 0 Å². The topological polar surface area (TPSA) is 12.9 Å². The lowest BCUT2D eigenvalue weighted by Crippen LogP contribution is -1.83. The van der Waals surface area contributed by atoms with Gasteiger partial charge in [-0.15, -0.1) is 0 Å². The van der Waals surface area contributed by atoms with E-state index >= 15 is 0 Å². The van der Waals surface area contributed by atoms with Crippen LogP contribution in [0.4, 0.5) is 0 Å². The Labute approximate surface area is 136 Å². The first-order valence-corrected chi connectivity index (χ1v) is 7.81. The molecule has 0 aliphatic heterocycles. The number of aryl methyl sites for hydroxylation is 1. The largest absolute Gasteiger partial charge is 0.264 e. The van der Waals surface area contributed by atoms with Gasteiger partial charge in [-0.1, -0.05) is 72.3 Å². The number of hydrogen-bond donors (Lipinski definition) is 0. The van der Waals surface area contributed by atoms with Crippen molar-refractivity contribution in [2.75, 3.05) is 0 Å². The lowest BCUT2D eigenvalue weighted by molar-refractivity contribution is 1.36. The average molecular weight is 295 g/mol. The second kappa shape index (κ2) is 5.69. The molecule has 0 saturated heterocycles. The van der Waals surface area contributed by atoms with Crippen LogP contribution in [0.25, 0.3) is 33.0 Å². The first-order valence-electron chi connectivity index (χ1n) is 7.81. The van der Waals surface area contributed by atoms with Gasteiger partial charge < -0.3 is 0 Å². The number of hydrogen-bond acceptors (Lipinski definition) is 1. The second-order valence-corrected chi connectivity index (χ2v) is 5.85. The average Bonchev–Trinajstić information content (AvgIpc) is 2.62.